The van der Waals surface area contributed by atoms with Crippen LogP contribution in [0.2, 0.25) is 0 Å². The Morgan fingerprint density at radius 2 is 1.88 bits per heavy atom. The summed E-state index contributed by atoms with van der Waals surface area (Å²) in [5, 5.41) is 3.78. The van der Waals surface area contributed by atoms with Gasteiger partial charge >= 0.3 is 0 Å². The second kappa shape index (κ2) is 7.26. The van der Waals surface area contributed by atoms with Crippen LogP contribution in [0, 0.1) is 0 Å². The van der Waals surface area contributed by atoms with Crippen LogP contribution in [-0.4, -0.2) is 13.0 Å². The number of hydrogen-bond acceptors (Lipinski definition) is 3. The van der Waals surface area contributed by atoms with Crippen LogP contribution in [0.1, 0.15) is 31.1 Å². The fraction of sp³-hybridized carbons (Fsp3) is 0.190. The number of fused-ring (bicyclic) bond motifs is 1. The Morgan fingerprint density at radius 3 is 2.56 bits per heavy atom. The van der Waals surface area contributed by atoms with Crippen molar-refractivity contribution in [3.8, 4) is 5.75 Å². The zero-order valence-corrected chi connectivity index (χ0v) is 14.6. The van der Waals surface area contributed by atoms with Crippen molar-refractivity contribution < 1.29 is 13.9 Å². The molecule has 2 aromatic carbocycles. The molecule has 0 aliphatic carbocycles. The van der Waals surface area contributed by atoms with Gasteiger partial charge in [0.25, 0.3) is 0 Å². The minimum Gasteiger partial charge on any atom is -0.497 e. The fourth-order valence-electron chi connectivity index (χ4n) is 2.54. The zero-order chi connectivity index (χ0) is 17.8. The first kappa shape index (κ1) is 16.8. The van der Waals surface area contributed by atoms with Crippen molar-refractivity contribution in [1.29, 1.82) is 0 Å². The van der Waals surface area contributed by atoms with Crippen LogP contribution in [0.5, 0.6) is 5.75 Å². The summed E-state index contributed by atoms with van der Waals surface area (Å²) < 4.78 is 10.9. The van der Waals surface area contributed by atoms with Gasteiger partial charge in [-0.1, -0.05) is 26.0 Å². The van der Waals surface area contributed by atoms with Gasteiger partial charge in [-0.05, 0) is 54.0 Å². The smallest absolute Gasteiger partial charge is 0.248 e. The Kier molecular flexibility index (Phi) is 4.89. The minimum absolute atomic E-state index is 0.199. The van der Waals surface area contributed by atoms with Crippen LogP contribution in [0.15, 0.2) is 59.0 Å². The predicted molar refractivity (Wildman–Crippen MR) is 101 cm³/mol. The highest BCUT2D eigenvalue weighted by molar-refractivity contribution is 6.02. The molecular formula is C21H21NO3. The Bertz CT molecular complexity index is 905. The quantitative estimate of drug-likeness (QED) is 0.651. The summed E-state index contributed by atoms with van der Waals surface area (Å²) in [6, 6.07) is 15.3. The Morgan fingerprint density at radius 1 is 1.12 bits per heavy atom. The summed E-state index contributed by atoms with van der Waals surface area (Å²) in [7, 11) is 1.63. The number of benzene rings is 2. The number of rotatable bonds is 5. The monoisotopic (exact) mass is 335 g/mol. The summed E-state index contributed by atoms with van der Waals surface area (Å²) >= 11 is 0. The van der Waals surface area contributed by atoms with Crippen molar-refractivity contribution in [2.75, 3.05) is 12.4 Å². The molecule has 0 fully saturated rings. The summed E-state index contributed by atoms with van der Waals surface area (Å²) in [4.78, 5) is 12.1. The van der Waals surface area contributed by atoms with Gasteiger partial charge in [-0.25, -0.2) is 0 Å². The highest BCUT2D eigenvalue weighted by atomic mass is 16.5. The van der Waals surface area contributed by atoms with E-state index in [0.29, 0.717) is 11.7 Å². The molecule has 25 heavy (non-hydrogen) atoms. The van der Waals surface area contributed by atoms with E-state index in [2.05, 4.69) is 19.2 Å². The van der Waals surface area contributed by atoms with Gasteiger partial charge in [0.15, 0.2) is 0 Å². The first-order valence-corrected chi connectivity index (χ1v) is 8.22. The highest BCUT2D eigenvalue weighted by Crippen LogP contribution is 2.24. The fourth-order valence-corrected chi connectivity index (χ4v) is 2.54. The summed E-state index contributed by atoms with van der Waals surface area (Å²) in [5.74, 6) is 1.66. The van der Waals surface area contributed by atoms with Gasteiger partial charge in [0, 0.05) is 17.1 Å². The molecule has 4 heteroatoms. The molecule has 4 nitrogen and oxygen atoms in total. The molecule has 1 heterocycles. The number of methoxy groups -OCH3 is 1. The maximum Gasteiger partial charge on any atom is 0.248 e. The number of nitrogens with one attached hydrogen (secondary N) is 1. The van der Waals surface area contributed by atoms with E-state index in [1.807, 2.05) is 48.5 Å². The number of anilines is 1. The number of carbonyl (C=O) groups excluding carboxylic acids is 1. The van der Waals surface area contributed by atoms with E-state index >= 15 is 0 Å². The number of amides is 1. The molecule has 0 spiro atoms. The van der Waals surface area contributed by atoms with Crippen molar-refractivity contribution in [2.24, 2.45) is 0 Å². The molecule has 0 unspecified atom stereocenters. The van der Waals surface area contributed by atoms with E-state index in [0.717, 1.165) is 22.4 Å². The molecule has 1 amide bonds. The first-order chi connectivity index (χ1) is 12.0. The standard InChI is InChI=1S/C21H21NO3/c1-14(2)15-4-6-17(7-5-15)22-21(23)11-9-19-13-16-12-18(24-3)8-10-20(16)25-19/h4-14H,1-3H3,(H,22,23). The average molecular weight is 335 g/mol. The number of furan rings is 1. The van der Waals surface area contributed by atoms with Crippen LogP contribution < -0.4 is 10.1 Å². The van der Waals surface area contributed by atoms with Gasteiger partial charge in [0.1, 0.15) is 17.1 Å². The largest absolute Gasteiger partial charge is 0.497 e. The SMILES string of the molecule is COc1ccc2oc(C=CC(=O)Nc3ccc(C(C)C)cc3)cc2c1. The number of ether oxygens (including phenoxy) is 1. The third kappa shape index (κ3) is 4.10. The topological polar surface area (TPSA) is 51.5 Å². The lowest BCUT2D eigenvalue weighted by Crippen LogP contribution is -2.07. The maximum atomic E-state index is 12.1. The van der Waals surface area contributed by atoms with Crippen molar-refractivity contribution in [2.45, 2.75) is 19.8 Å². The predicted octanol–water partition coefficient (Wildman–Crippen LogP) is 5.22. The van der Waals surface area contributed by atoms with Gasteiger partial charge in [-0.3, -0.25) is 4.79 Å². The minimum atomic E-state index is -0.199. The molecule has 0 saturated carbocycles. The summed E-state index contributed by atoms with van der Waals surface area (Å²) in [6.07, 6.45) is 3.12. The average Bonchev–Trinajstić information content (AvgIpc) is 3.02. The van der Waals surface area contributed by atoms with Crippen molar-refractivity contribution >= 4 is 28.6 Å². The van der Waals surface area contributed by atoms with Crippen LogP contribution in [0.3, 0.4) is 0 Å². The van der Waals surface area contributed by atoms with Crippen molar-refractivity contribution in [1.82, 2.24) is 0 Å². The van der Waals surface area contributed by atoms with E-state index in [1.165, 1.54) is 11.6 Å². The lowest BCUT2D eigenvalue weighted by molar-refractivity contribution is -0.111. The van der Waals surface area contributed by atoms with Crippen LogP contribution in [0.25, 0.3) is 17.0 Å². The molecule has 0 radical (unpaired) electrons. The second-order valence-electron chi connectivity index (χ2n) is 6.15. The molecule has 3 rings (SSSR count). The molecular weight excluding hydrogens is 314 g/mol. The molecule has 1 aromatic heterocycles. The molecule has 0 atom stereocenters. The summed E-state index contributed by atoms with van der Waals surface area (Å²) in [5.41, 5.74) is 2.77. The Labute approximate surface area is 147 Å². The second-order valence-corrected chi connectivity index (χ2v) is 6.15. The Balaban J connectivity index is 1.67. The van der Waals surface area contributed by atoms with Gasteiger partial charge in [-0.2, -0.15) is 0 Å². The number of hydrogen-bond donors (Lipinski definition) is 1. The molecule has 0 aliphatic rings. The van der Waals surface area contributed by atoms with E-state index < -0.39 is 0 Å². The van der Waals surface area contributed by atoms with Gasteiger partial charge in [0.05, 0.1) is 7.11 Å². The molecule has 128 valence electrons. The van der Waals surface area contributed by atoms with Gasteiger partial charge < -0.3 is 14.5 Å². The van der Waals surface area contributed by atoms with Crippen molar-refractivity contribution in [3.63, 3.8) is 0 Å². The Hall–Kier alpha value is -3.01. The lowest BCUT2D eigenvalue weighted by atomic mass is 10.0. The molecule has 1 N–H and O–H groups in total. The maximum absolute atomic E-state index is 12.1. The van der Waals surface area contributed by atoms with Gasteiger partial charge in [-0.15, -0.1) is 0 Å². The summed E-state index contributed by atoms with van der Waals surface area (Å²) in [6.45, 7) is 4.28. The van der Waals surface area contributed by atoms with E-state index in [-0.39, 0.29) is 5.91 Å². The molecule has 0 saturated heterocycles. The first-order valence-electron chi connectivity index (χ1n) is 8.22. The van der Waals surface area contributed by atoms with E-state index in [9.17, 15) is 4.79 Å². The molecule has 3 aromatic rings. The van der Waals surface area contributed by atoms with Crippen molar-refractivity contribution in [3.05, 3.63) is 65.9 Å². The van der Waals surface area contributed by atoms with E-state index in [1.54, 1.807) is 13.2 Å². The van der Waals surface area contributed by atoms with E-state index in [4.69, 9.17) is 9.15 Å². The lowest BCUT2D eigenvalue weighted by Gasteiger charge is -2.07. The third-order valence-electron chi connectivity index (χ3n) is 3.99. The molecule has 0 bridgehead atoms. The normalized spacial score (nSPS) is 11.4. The van der Waals surface area contributed by atoms with Crippen LogP contribution in [0.4, 0.5) is 5.69 Å². The van der Waals surface area contributed by atoms with Crippen LogP contribution in [-0.2, 0) is 4.79 Å². The van der Waals surface area contributed by atoms with Gasteiger partial charge in [0.2, 0.25) is 5.91 Å². The number of carbonyl (C=O) groups is 1. The third-order valence-corrected chi connectivity index (χ3v) is 3.99. The van der Waals surface area contributed by atoms with Crippen LogP contribution >= 0.6 is 0 Å². The molecule has 0 aliphatic heterocycles. The highest BCUT2D eigenvalue weighted by Gasteiger charge is 2.04. The zero-order valence-electron chi connectivity index (χ0n) is 14.6.